The first kappa shape index (κ1) is 15.9. The molecule has 1 amide bonds. The van der Waals surface area contributed by atoms with Gasteiger partial charge in [0, 0.05) is 19.1 Å². The number of nitrogens with zero attached hydrogens (tertiary/aromatic N) is 1. The van der Waals surface area contributed by atoms with Crippen molar-refractivity contribution in [1.82, 2.24) is 10.2 Å². The number of likely N-dealkylation sites (N-methyl/N-ethyl adjacent to an activating group) is 1. The SMILES string of the molecule is CCN(CCNCC(=O)Nc1c(F)cccc1F)C1CC1. The lowest BCUT2D eigenvalue weighted by Gasteiger charge is -2.19. The van der Waals surface area contributed by atoms with Crippen molar-refractivity contribution in [3.05, 3.63) is 29.8 Å². The minimum atomic E-state index is -0.769. The van der Waals surface area contributed by atoms with Crippen LogP contribution in [0.1, 0.15) is 19.8 Å². The van der Waals surface area contributed by atoms with Gasteiger partial charge in [0.25, 0.3) is 0 Å². The quantitative estimate of drug-likeness (QED) is 0.721. The van der Waals surface area contributed by atoms with Gasteiger partial charge in [-0.25, -0.2) is 8.78 Å². The second kappa shape index (κ2) is 7.47. The summed E-state index contributed by atoms with van der Waals surface area (Å²) in [5.74, 6) is -1.99. The molecular weight excluding hydrogens is 276 g/mol. The van der Waals surface area contributed by atoms with Gasteiger partial charge >= 0.3 is 0 Å². The van der Waals surface area contributed by atoms with Crippen LogP contribution in [0.4, 0.5) is 14.5 Å². The molecule has 2 rings (SSSR count). The molecule has 2 N–H and O–H groups in total. The molecule has 1 saturated carbocycles. The Morgan fingerprint density at radius 1 is 1.33 bits per heavy atom. The van der Waals surface area contributed by atoms with Crippen LogP contribution < -0.4 is 10.6 Å². The molecule has 1 aliphatic carbocycles. The summed E-state index contributed by atoms with van der Waals surface area (Å²) in [6, 6.07) is 4.18. The molecule has 1 aromatic carbocycles. The molecule has 0 aliphatic heterocycles. The Labute approximate surface area is 123 Å². The highest BCUT2D eigenvalue weighted by molar-refractivity contribution is 5.92. The zero-order valence-corrected chi connectivity index (χ0v) is 12.2. The maximum absolute atomic E-state index is 13.4. The number of halogens is 2. The summed E-state index contributed by atoms with van der Waals surface area (Å²) in [5, 5.41) is 5.24. The number of rotatable bonds is 8. The highest BCUT2D eigenvalue weighted by atomic mass is 19.1. The average molecular weight is 297 g/mol. The standard InChI is InChI=1S/C15H21F2N3O/c1-2-20(11-6-7-11)9-8-18-10-14(21)19-15-12(16)4-3-5-13(15)17/h3-5,11,18H,2,6-10H2,1H3,(H,19,21). The third-order valence-corrected chi connectivity index (χ3v) is 3.56. The Hall–Kier alpha value is -1.53. The summed E-state index contributed by atoms with van der Waals surface area (Å²) in [6.07, 6.45) is 2.50. The van der Waals surface area contributed by atoms with Crippen LogP contribution in [0.3, 0.4) is 0 Å². The smallest absolute Gasteiger partial charge is 0.238 e. The molecule has 0 aromatic heterocycles. The molecule has 0 atom stereocenters. The van der Waals surface area contributed by atoms with E-state index in [9.17, 15) is 13.6 Å². The fourth-order valence-corrected chi connectivity index (χ4v) is 2.26. The van der Waals surface area contributed by atoms with Gasteiger partial charge in [0.1, 0.15) is 17.3 Å². The molecule has 116 valence electrons. The Bertz CT molecular complexity index is 472. The van der Waals surface area contributed by atoms with Crippen LogP contribution in [0.2, 0.25) is 0 Å². The van der Waals surface area contributed by atoms with Gasteiger partial charge in [-0.1, -0.05) is 13.0 Å². The average Bonchev–Trinajstić information content (AvgIpc) is 3.28. The van der Waals surface area contributed by atoms with Gasteiger partial charge in [0.2, 0.25) is 5.91 Å². The largest absolute Gasteiger partial charge is 0.320 e. The van der Waals surface area contributed by atoms with E-state index in [1.165, 1.54) is 18.9 Å². The van der Waals surface area contributed by atoms with E-state index >= 15 is 0 Å². The third kappa shape index (κ3) is 4.75. The van der Waals surface area contributed by atoms with Crippen molar-refractivity contribution in [1.29, 1.82) is 0 Å². The van der Waals surface area contributed by atoms with Crippen molar-refractivity contribution in [3.8, 4) is 0 Å². The summed E-state index contributed by atoms with van der Waals surface area (Å²) in [5.41, 5.74) is -0.391. The number of benzene rings is 1. The first-order valence-corrected chi connectivity index (χ1v) is 7.30. The molecule has 4 nitrogen and oxygen atoms in total. The molecule has 0 unspecified atom stereocenters. The summed E-state index contributed by atoms with van der Waals surface area (Å²) >= 11 is 0. The molecular formula is C15H21F2N3O. The minimum absolute atomic E-state index is 0.0377. The Morgan fingerprint density at radius 3 is 2.57 bits per heavy atom. The van der Waals surface area contributed by atoms with Gasteiger partial charge in [-0.15, -0.1) is 0 Å². The zero-order valence-electron chi connectivity index (χ0n) is 12.2. The minimum Gasteiger partial charge on any atom is -0.320 e. The lowest BCUT2D eigenvalue weighted by atomic mass is 10.3. The van der Waals surface area contributed by atoms with E-state index < -0.39 is 23.2 Å². The van der Waals surface area contributed by atoms with Gasteiger partial charge in [-0.3, -0.25) is 9.69 Å². The van der Waals surface area contributed by atoms with Crippen LogP contribution in [0, 0.1) is 11.6 Å². The molecule has 1 aromatic rings. The predicted molar refractivity (Wildman–Crippen MR) is 78.1 cm³/mol. The van der Waals surface area contributed by atoms with Crippen molar-refractivity contribution in [2.45, 2.75) is 25.8 Å². The van der Waals surface area contributed by atoms with Gasteiger partial charge in [-0.05, 0) is 31.5 Å². The number of anilines is 1. The van der Waals surface area contributed by atoms with Crippen molar-refractivity contribution >= 4 is 11.6 Å². The summed E-state index contributed by atoms with van der Waals surface area (Å²) in [4.78, 5) is 14.0. The van der Waals surface area contributed by atoms with E-state index in [4.69, 9.17) is 0 Å². The number of amides is 1. The number of hydrogen-bond donors (Lipinski definition) is 2. The van der Waals surface area contributed by atoms with Gasteiger partial charge < -0.3 is 10.6 Å². The number of carbonyl (C=O) groups excluding carboxylic acids is 1. The van der Waals surface area contributed by atoms with E-state index in [-0.39, 0.29) is 6.54 Å². The fourth-order valence-electron chi connectivity index (χ4n) is 2.26. The van der Waals surface area contributed by atoms with E-state index in [1.807, 2.05) is 0 Å². The van der Waals surface area contributed by atoms with Crippen LogP contribution in [0.15, 0.2) is 18.2 Å². The monoisotopic (exact) mass is 297 g/mol. The van der Waals surface area contributed by atoms with E-state index in [1.54, 1.807) is 0 Å². The van der Waals surface area contributed by atoms with Gasteiger partial charge in [0.05, 0.1) is 6.54 Å². The number of carbonyl (C=O) groups is 1. The van der Waals surface area contributed by atoms with Gasteiger partial charge in [-0.2, -0.15) is 0 Å². The molecule has 21 heavy (non-hydrogen) atoms. The lowest BCUT2D eigenvalue weighted by molar-refractivity contribution is -0.115. The van der Waals surface area contributed by atoms with Crippen molar-refractivity contribution in [2.24, 2.45) is 0 Å². The summed E-state index contributed by atoms with van der Waals surface area (Å²) in [7, 11) is 0. The number of para-hydroxylation sites is 1. The van der Waals surface area contributed by atoms with Crippen molar-refractivity contribution in [3.63, 3.8) is 0 Å². The molecule has 0 heterocycles. The van der Waals surface area contributed by atoms with E-state index in [0.29, 0.717) is 12.6 Å². The van der Waals surface area contributed by atoms with Gasteiger partial charge in [0.15, 0.2) is 0 Å². The normalized spacial score (nSPS) is 14.5. The fraction of sp³-hybridized carbons (Fsp3) is 0.533. The maximum Gasteiger partial charge on any atom is 0.238 e. The first-order valence-electron chi connectivity index (χ1n) is 7.30. The number of nitrogens with one attached hydrogen (secondary N) is 2. The first-order chi connectivity index (χ1) is 10.1. The zero-order chi connectivity index (χ0) is 15.2. The van der Waals surface area contributed by atoms with E-state index in [0.717, 1.165) is 25.2 Å². The predicted octanol–water partition coefficient (Wildman–Crippen LogP) is 1.98. The number of hydrogen-bond acceptors (Lipinski definition) is 3. The van der Waals surface area contributed by atoms with Crippen LogP contribution in [-0.2, 0) is 4.79 Å². The molecule has 0 spiro atoms. The van der Waals surface area contributed by atoms with Crippen LogP contribution in [0.5, 0.6) is 0 Å². The molecule has 0 saturated heterocycles. The Balaban J connectivity index is 1.70. The molecule has 0 bridgehead atoms. The Morgan fingerprint density at radius 2 is 2.00 bits per heavy atom. The topological polar surface area (TPSA) is 44.4 Å². The highest BCUT2D eigenvalue weighted by Crippen LogP contribution is 2.25. The summed E-state index contributed by atoms with van der Waals surface area (Å²) < 4.78 is 26.7. The van der Waals surface area contributed by atoms with Crippen molar-refractivity contribution < 1.29 is 13.6 Å². The Kier molecular flexibility index (Phi) is 5.64. The van der Waals surface area contributed by atoms with Crippen molar-refractivity contribution in [2.75, 3.05) is 31.5 Å². The second-order valence-electron chi connectivity index (χ2n) is 5.18. The summed E-state index contributed by atoms with van der Waals surface area (Å²) in [6.45, 7) is 4.71. The van der Waals surface area contributed by atoms with Crippen LogP contribution >= 0.6 is 0 Å². The van der Waals surface area contributed by atoms with E-state index in [2.05, 4.69) is 22.5 Å². The molecule has 0 radical (unpaired) electrons. The third-order valence-electron chi connectivity index (χ3n) is 3.56. The molecule has 6 heteroatoms. The second-order valence-corrected chi connectivity index (χ2v) is 5.18. The van der Waals surface area contributed by atoms with Crippen LogP contribution in [-0.4, -0.2) is 43.0 Å². The maximum atomic E-state index is 13.4. The highest BCUT2D eigenvalue weighted by Gasteiger charge is 2.27. The molecule has 1 fully saturated rings. The van der Waals surface area contributed by atoms with Crippen LogP contribution in [0.25, 0.3) is 0 Å². The lowest BCUT2D eigenvalue weighted by Crippen LogP contribution is -2.36. The molecule has 1 aliphatic rings.